The minimum Gasteiger partial charge on any atom is -0.280 e. The van der Waals surface area contributed by atoms with Gasteiger partial charge in [-0.2, -0.15) is 5.26 Å². The van der Waals surface area contributed by atoms with E-state index in [0.29, 0.717) is 6.04 Å². The predicted octanol–water partition coefficient (Wildman–Crippen LogP) is 3.40. The maximum atomic E-state index is 9.23. The van der Waals surface area contributed by atoms with Crippen molar-refractivity contribution in [2.45, 2.75) is 31.5 Å². The smallest absolute Gasteiger partial charge is 0.0998 e. The Morgan fingerprint density at radius 1 is 0.950 bits per heavy atom. The van der Waals surface area contributed by atoms with Gasteiger partial charge in [0.15, 0.2) is 0 Å². The third-order valence-corrected chi connectivity index (χ3v) is 4.04. The van der Waals surface area contributed by atoms with Gasteiger partial charge in [-0.15, -0.1) is 0 Å². The summed E-state index contributed by atoms with van der Waals surface area (Å²) in [5, 5.41) is 9.23. The molecule has 0 amide bonds. The largest absolute Gasteiger partial charge is 0.280 e. The Kier molecular flexibility index (Phi) is 3.80. The second-order valence-corrected chi connectivity index (χ2v) is 5.38. The molecule has 0 spiro atoms. The second-order valence-electron chi connectivity index (χ2n) is 5.38. The van der Waals surface area contributed by atoms with E-state index < -0.39 is 0 Å². The third-order valence-electron chi connectivity index (χ3n) is 4.04. The first-order valence-electron chi connectivity index (χ1n) is 7.10. The molecule has 2 aromatic carbocycles. The van der Waals surface area contributed by atoms with Gasteiger partial charge in [0.1, 0.15) is 0 Å². The van der Waals surface area contributed by atoms with Crippen LogP contribution in [0.3, 0.4) is 0 Å². The van der Waals surface area contributed by atoms with E-state index >= 15 is 0 Å². The van der Waals surface area contributed by atoms with E-state index in [1.165, 1.54) is 11.1 Å². The average molecular weight is 262 g/mol. The molecule has 0 aromatic heterocycles. The third kappa shape index (κ3) is 2.74. The number of benzene rings is 2. The summed E-state index contributed by atoms with van der Waals surface area (Å²) in [4.78, 5) is 2.32. The maximum absolute atomic E-state index is 9.23. The molecule has 0 bridgehead atoms. The zero-order valence-corrected chi connectivity index (χ0v) is 11.4. The van der Waals surface area contributed by atoms with Gasteiger partial charge in [-0.3, -0.25) is 4.90 Å². The summed E-state index contributed by atoms with van der Waals surface area (Å²) in [7, 11) is 0. The minimum atomic E-state index is 0.0731. The van der Waals surface area contributed by atoms with Gasteiger partial charge >= 0.3 is 0 Å². The van der Waals surface area contributed by atoms with E-state index in [4.69, 9.17) is 0 Å². The number of likely N-dealkylation sites (tertiary alicyclic amines) is 1. The molecule has 2 nitrogen and oxygen atoms in total. The Labute approximate surface area is 120 Å². The van der Waals surface area contributed by atoms with Crippen molar-refractivity contribution in [1.82, 2.24) is 4.90 Å². The van der Waals surface area contributed by atoms with Crippen LogP contribution in [0.25, 0.3) is 0 Å². The summed E-state index contributed by atoms with van der Waals surface area (Å²) in [6.07, 6.45) is 2.02. The summed E-state index contributed by atoms with van der Waals surface area (Å²) < 4.78 is 0. The molecule has 0 unspecified atom stereocenters. The van der Waals surface area contributed by atoms with Crippen molar-refractivity contribution in [3.8, 4) is 6.07 Å². The second kappa shape index (κ2) is 5.90. The number of rotatable bonds is 4. The quantitative estimate of drug-likeness (QED) is 0.844. The van der Waals surface area contributed by atoms with Crippen molar-refractivity contribution in [1.29, 1.82) is 5.26 Å². The van der Waals surface area contributed by atoms with Crippen molar-refractivity contribution in [3.63, 3.8) is 0 Å². The summed E-state index contributed by atoms with van der Waals surface area (Å²) >= 11 is 0. The Bertz CT molecular complexity index is 586. The molecule has 2 aromatic rings. The molecule has 1 aliphatic rings. The monoisotopic (exact) mass is 262 g/mol. The molecule has 0 aliphatic carbocycles. The van der Waals surface area contributed by atoms with Gasteiger partial charge in [-0.25, -0.2) is 0 Å². The number of hydrogen-bond donors (Lipinski definition) is 0. The van der Waals surface area contributed by atoms with Crippen LogP contribution in [-0.4, -0.2) is 17.0 Å². The van der Waals surface area contributed by atoms with Crippen molar-refractivity contribution in [2.75, 3.05) is 0 Å². The van der Waals surface area contributed by atoms with E-state index in [9.17, 15) is 5.26 Å². The first-order valence-corrected chi connectivity index (χ1v) is 7.10. The van der Waals surface area contributed by atoms with Crippen LogP contribution in [0, 0.1) is 11.3 Å². The highest BCUT2D eigenvalue weighted by Crippen LogP contribution is 2.30. The SMILES string of the molecule is N#C[C@@H]1C[C@H](Cc2ccccc2)N1Cc1ccccc1. The molecule has 2 heteroatoms. The van der Waals surface area contributed by atoms with Crippen LogP contribution in [0.15, 0.2) is 60.7 Å². The number of nitrogens with zero attached hydrogens (tertiary/aromatic N) is 2. The first kappa shape index (κ1) is 12.9. The van der Waals surface area contributed by atoms with Gasteiger partial charge in [-0.1, -0.05) is 60.7 Å². The summed E-state index contributed by atoms with van der Waals surface area (Å²) in [6.45, 7) is 0.872. The predicted molar refractivity (Wildman–Crippen MR) is 79.9 cm³/mol. The van der Waals surface area contributed by atoms with E-state index in [-0.39, 0.29) is 6.04 Å². The highest BCUT2D eigenvalue weighted by atomic mass is 15.2. The van der Waals surface area contributed by atoms with Crippen molar-refractivity contribution < 1.29 is 0 Å². The molecule has 3 rings (SSSR count). The van der Waals surface area contributed by atoms with Crippen LogP contribution in [0.4, 0.5) is 0 Å². The minimum absolute atomic E-state index is 0.0731. The van der Waals surface area contributed by atoms with Crippen LogP contribution >= 0.6 is 0 Å². The van der Waals surface area contributed by atoms with Crippen molar-refractivity contribution in [3.05, 3.63) is 71.8 Å². The van der Waals surface area contributed by atoms with E-state index in [0.717, 1.165) is 19.4 Å². The van der Waals surface area contributed by atoms with E-state index in [1.54, 1.807) is 0 Å². The summed E-state index contributed by atoms with van der Waals surface area (Å²) in [5.41, 5.74) is 2.64. The maximum Gasteiger partial charge on any atom is 0.0998 e. The molecule has 1 heterocycles. The molecule has 1 aliphatic heterocycles. The molecule has 1 saturated heterocycles. The fourth-order valence-electron chi connectivity index (χ4n) is 2.89. The molecular formula is C18H18N2. The molecule has 0 radical (unpaired) electrons. The van der Waals surface area contributed by atoms with Crippen LogP contribution in [0.5, 0.6) is 0 Å². The highest BCUT2D eigenvalue weighted by Gasteiger charge is 2.37. The van der Waals surface area contributed by atoms with Crippen LogP contribution < -0.4 is 0 Å². The van der Waals surface area contributed by atoms with Gasteiger partial charge in [0.2, 0.25) is 0 Å². The molecule has 1 fully saturated rings. The highest BCUT2D eigenvalue weighted by molar-refractivity contribution is 5.21. The molecular weight excluding hydrogens is 244 g/mol. The van der Waals surface area contributed by atoms with Gasteiger partial charge in [0, 0.05) is 12.6 Å². The lowest BCUT2D eigenvalue weighted by atomic mass is 9.88. The van der Waals surface area contributed by atoms with Crippen LogP contribution in [0.2, 0.25) is 0 Å². The Hall–Kier alpha value is -2.11. The molecule has 0 saturated carbocycles. The summed E-state index contributed by atoms with van der Waals surface area (Å²) in [5.74, 6) is 0. The lowest BCUT2D eigenvalue weighted by Gasteiger charge is -2.45. The van der Waals surface area contributed by atoms with Gasteiger partial charge in [-0.05, 0) is 24.0 Å². The van der Waals surface area contributed by atoms with Crippen molar-refractivity contribution >= 4 is 0 Å². The van der Waals surface area contributed by atoms with Crippen LogP contribution in [0.1, 0.15) is 17.5 Å². The Morgan fingerprint density at radius 3 is 2.15 bits per heavy atom. The Balaban J connectivity index is 1.68. The molecule has 0 N–H and O–H groups in total. The lowest BCUT2D eigenvalue weighted by Crippen LogP contribution is -2.55. The fraction of sp³-hybridized carbons (Fsp3) is 0.278. The van der Waals surface area contributed by atoms with E-state index in [2.05, 4.69) is 59.5 Å². The topological polar surface area (TPSA) is 27.0 Å². The Morgan fingerprint density at radius 2 is 1.55 bits per heavy atom. The zero-order valence-electron chi connectivity index (χ0n) is 11.4. The standard InChI is InChI=1S/C18H18N2/c19-13-18-12-17(11-15-7-3-1-4-8-15)20(18)14-16-9-5-2-6-10-16/h1-10,17-18H,11-12,14H2/t17-,18-/m0/s1. The molecule has 100 valence electrons. The average Bonchev–Trinajstić information content (AvgIpc) is 2.51. The van der Waals surface area contributed by atoms with Gasteiger partial charge < -0.3 is 0 Å². The zero-order chi connectivity index (χ0) is 13.8. The van der Waals surface area contributed by atoms with Crippen molar-refractivity contribution in [2.24, 2.45) is 0 Å². The number of nitriles is 1. The molecule has 2 atom stereocenters. The normalized spacial score (nSPS) is 21.9. The first-order chi connectivity index (χ1) is 9.86. The molecule has 20 heavy (non-hydrogen) atoms. The van der Waals surface area contributed by atoms with Gasteiger partial charge in [0.25, 0.3) is 0 Å². The lowest BCUT2D eigenvalue weighted by molar-refractivity contribution is 0.0395. The van der Waals surface area contributed by atoms with E-state index in [1.807, 2.05) is 12.1 Å². The fourth-order valence-corrected chi connectivity index (χ4v) is 2.89. The summed E-state index contributed by atoms with van der Waals surface area (Å²) in [6, 6.07) is 23.9. The number of hydrogen-bond acceptors (Lipinski definition) is 2. The van der Waals surface area contributed by atoms with Crippen LogP contribution in [-0.2, 0) is 13.0 Å². The van der Waals surface area contributed by atoms with Gasteiger partial charge in [0.05, 0.1) is 12.1 Å².